The number of anilines is 1. The second kappa shape index (κ2) is 5.74. The van der Waals surface area contributed by atoms with E-state index in [0.717, 1.165) is 29.1 Å². The largest absolute Gasteiger partial charge is 0.378 e. The first-order valence-electron chi connectivity index (χ1n) is 6.82. The van der Waals surface area contributed by atoms with Crippen molar-refractivity contribution in [2.45, 2.75) is 20.0 Å². The minimum Gasteiger partial charge on any atom is -0.378 e. The quantitative estimate of drug-likeness (QED) is 0.771. The highest BCUT2D eigenvalue weighted by Crippen LogP contribution is 2.21. The van der Waals surface area contributed by atoms with Gasteiger partial charge >= 0.3 is 0 Å². The molecule has 0 aliphatic rings. The summed E-state index contributed by atoms with van der Waals surface area (Å²) in [7, 11) is 0. The van der Waals surface area contributed by atoms with Gasteiger partial charge < -0.3 is 9.88 Å². The average Bonchev–Trinajstić information content (AvgIpc) is 2.86. The van der Waals surface area contributed by atoms with Crippen LogP contribution in [-0.2, 0) is 13.1 Å². The maximum atomic E-state index is 13.1. The Bertz CT molecular complexity index is 782. The highest BCUT2D eigenvalue weighted by atomic mass is 35.5. The van der Waals surface area contributed by atoms with Crippen LogP contribution in [0.3, 0.4) is 0 Å². The molecule has 0 unspecified atom stereocenters. The van der Waals surface area contributed by atoms with Gasteiger partial charge in [0.15, 0.2) is 0 Å². The highest BCUT2D eigenvalue weighted by Gasteiger charge is 2.09. The van der Waals surface area contributed by atoms with Gasteiger partial charge in [-0.15, -0.1) is 0 Å². The molecule has 0 atom stereocenters. The van der Waals surface area contributed by atoms with E-state index in [1.807, 2.05) is 18.2 Å². The van der Waals surface area contributed by atoms with Crippen LogP contribution in [0.4, 0.5) is 10.1 Å². The number of aryl methyl sites for hydroxylation is 1. The van der Waals surface area contributed by atoms with E-state index in [1.165, 1.54) is 6.07 Å². The molecule has 0 spiro atoms. The van der Waals surface area contributed by atoms with E-state index in [-0.39, 0.29) is 5.02 Å². The molecule has 0 bridgehead atoms. The van der Waals surface area contributed by atoms with Crippen molar-refractivity contribution in [1.82, 2.24) is 9.55 Å². The third-order valence-corrected chi connectivity index (χ3v) is 3.71. The SMILES string of the molecule is CCn1c(CNc2ccc(F)c(Cl)c2)nc2ccccc21. The first kappa shape index (κ1) is 13.9. The van der Waals surface area contributed by atoms with Crippen LogP contribution in [0.25, 0.3) is 11.0 Å². The van der Waals surface area contributed by atoms with Crippen molar-refractivity contribution < 1.29 is 4.39 Å². The summed E-state index contributed by atoms with van der Waals surface area (Å²) >= 11 is 5.78. The van der Waals surface area contributed by atoms with Crippen LogP contribution in [0.5, 0.6) is 0 Å². The topological polar surface area (TPSA) is 29.9 Å². The lowest BCUT2D eigenvalue weighted by atomic mass is 10.3. The van der Waals surface area contributed by atoms with Gasteiger partial charge in [-0.3, -0.25) is 0 Å². The van der Waals surface area contributed by atoms with Crippen LogP contribution >= 0.6 is 11.6 Å². The number of rotatable bonds is 4. The van der Waals surface area contributed by atoms with E-state index in [0.29, 0.717) is 6.54 Å². The maximum absolute atomic E-state index is 13.1. The number of fused-ring (bicyclic) bond motifs is 1. The smallest absolute Gasteiger partial charge is 0.141 e. The third kappa shape index (κ3) is 2.72. The van der Waals surface area contributed by atoms with Crippen molar-refractivity contribution >= 4 is 28.3 Å². The van der Waals surface area contributed by atoms with Gasteiger partial charge in [-0.2, -0.15) is 0 Å². The van der Waals surface area contributed by atoms with Crippen molar-refractivity contribution in [1.29, 1.82) is 0 Å². The molecular weight excluding hydrogens is 289 g/mol. The second-order valence-electron chi connectivity index (χ2n) is 4.74. The summed E-state index contributed by atoms with van der Waals surface area (Å²) in [6.07, 6.45) is 0. The van der Waals surface area contributed by atoms with E-state index in [4.69, 9.17) is 11.6 Å². The minimum atomic E-state index is -0.414. The first-order chi connectivity index (χ1) is 10.2. The second-order valence-corrected chi connectivity index (χ2v) is 5.15. The number of nitrogens with one attached hydrogen (secondary N) is 1. The molecule has 3 aromatic rings. The van der Waals surface area contributed by atoms with Gasteiger partial charge in [-0.25, -0.2) is 9.37 Å². The van der Waals surface area contributed by atoms with Gasteiger partial charge in [0.25, 0.3) is 0 Å². The Morgan fingerprint density at radius 3 is 2.81 bits per heavy atom. The Balaban J connectivity index is 1.86. The van der Waals surface area contributed by atoms with Gasteiger partial charge in [-0.05, 0) is 37.3 Å². The summed E-state index contributed by atoms with van der Waals surface area (Å²) in [5.74, 6) is 0.530. The Morgan fingerprint density at radius 1 is 1.24 bits per heavy atom. The van der Waals surface area contributed by atoms with E-state index in [9.17, 15) is 4.39 Å². The van der Waals surface area contributed by atoms with Crippen molar-refractivity contribution in [3.63, 3.8) is 0 Å². The van der Waals surface area contributed by atoms with E-state index in [2.05, 4.69) is 27.9 Å². The molecule has 0 radical (unpaired) electrons. The van der Waals surface area contributed by atoms with Gasteiger partial charge in [0.1, 0.15) is 11.6 Å². The number of benzene rings is 2. The zero-order valence-electron chi connectivity index (χ0n) is 11.6. The fourth-order valence-corrected chi connectivity index (χ4v) is 2.58. The number of para-hydroxylation sites is 2. The van der Waals surface area contributed by atoms with Crippen molar-refractivity contribution in [3.8, 4) is 0 Å². The summed E-state index contributed by atoms with van der Waals surface area (Å²) in [6, 6.07) is 12.6. The zero-order chi connectivity index (χ0) is 14.8. The number of imidazole rings is 1. The van der Waals surface area contributed by atoms with Gasteiger partial charge in [-0.1, -0.05) is 23.7 Å². The van der Waals surface area contributed by atoms with Gasteiger partial charge in [0.05, 0.1) is 22.6 Å². The van der Waals surface area contributed by atoms with Crippen molar-refractivity contribution in [2.24, 2.45) is 0 Å². The molecular formula is C16H15ClFN3. The zero-order valence-corrected chi connectivity index (χ0v) is 12.4. The Morgan fingerprint density at radius 2 is 2.05 bits per heavy atom. The third-order valence-electron chi connectivity index (χ3n) is 3.42. The van der Waals surface area contributed by atoms with Crippen LogP contribution in [-0.4, -0.2) is 9.55 Å². The van der Waals surface area contributed by atoms with Crippen molar-refractivity contribution in [3.05, 3.63) is 59.1 Å². The Kier molecular flexibility index (Phi) is 3.80. The predicted molar refractivity (Wildman–Crippen MR) is 84.1 cm³/mol. The Labute approximate surface area is 127 Å². The van der Waals surface area contributed by atoms with Gasteiger partial charge in [0.2, 0.25) is 0 Å². The standard InChI is InChI=1S/C16H15ClFN3/c1-2-21-15-6-4-3-5-14(15)20-16(21)10-19-11-7-8-13(18)12(17)9-11/h3-9,19H,2,10H2,1H3. The van der Waals surface area contributed by atoms with Crippen LogP contribution in [0.15, 0.2) is 42.5 Å². The lowest BCUT2D eigenvalue weighted by Crippen LogP contribution is -2.08. The molecule has 21 heavy (non-hydrogen) atoms. The summed E-state index contributed by atoms with van der Waals surface area (Å²) in [5.41, 5.74) is 2.87. The number of nitrogens with zero attached hydrogens (tertiary/aromatic N) is 2. The molecule has 3 nitrogen and oxygen atoms in total. The Hall–Kier alpha value is -2.07. The summed E-state index contributed by atoms with van der Waals surface area (Å²) < 4.78 is 15.3. The molecule has 5 heteroatoms. The number of hydrogen-bond acceptors (Lipinski definition) is 2. The molecule has 1 N–H and O–H groups in total. The highest BCUT2D eigenvalue weighted by molar-refractivity contribution is 6.31. The van der Waals surface area contributed by atoms with E-state index in [1.54, 1.807) is 12.1 Å². The van der Waals surface area contributed by atoms with Crippen LogP contribution in [0.1, 0.15) is 12.7 Å². The molecule has 0 aliphatic carbocycles. The molecule has 108 valence electrons. The molecule has 0 amide bonds. The molecule has 0 aliphatic heterocycles. The monoisotopic (exact) mass is 303 g/mol. The average molecular weight is 304 g/mol. The number of aromatic nitrogens is 2. The molecule has 0 saturated heterocycles. The molecule has 0 saturated carbocycles. The fraction of sp³-hybridized carbons (Fsp3) is 0.188. The fourth-order valence-electron chi connectivity index (χ4n) is 2.40. The van der Waals surface area contributed by atoms with Crippen LogP contribution < -0.4 is 5.32 Å². The lowest BCUT2D eigenvalue weighted by molar-refractivity contribution is 0.628. The van der Waals surface area contributed by atoms with Gasteiger partial charge in [0, 0.05) is 12.2 Å². The summed E-state index contributed by atoms with van der Waals surface area (Å²) in [5, 5.41) is 3.35. The molecule has 2 aromatic carbocycles. The van der Waals surface area contributed by atoms with Crippen LogP contribution in [0, 0.1) is 5.82 Å². The first-order valence-corrected chi connectivity index (χ1v) is 7.20. The summed E-state index contributed by atoms with van der Waals surface area (Å²) in [4.78, 5) is 4.63. The predicted octanol–water partition coefficient (Wildman–Crippen LogP) is 4.46. The van der Waals surface area contributed by atoms with E-state index >= 15 is 0 Å². The summed E-state index contributed by atoms with van der Waals surface area (Å²) in [6.45, 7) is 3.50. The van der Waals surface area contributed by atoms with Crippen LogP contribution in [0.2, 0.25) is 5.02 Å². The normalized spacial score (nSPS) is 11.0. The van der Waals surface area contributed by atoms with E-state index < -0.39 is 5.82 Å². The number of hydrogen-bond donors (Lipinski definition) is 1. The molecule has 0 fully saturated rings. The maximum Gasteiger partial charge on any atom is 0.141 e. The molecule has 3 rings (SSSR count). The minimum absolute atomic E-state index is 0.115. The molecule has 1 aromatic heterocycles. The van der Waals surface area contributed by atoms with Crippen molar-refractivity contribution in [2.75, 3.05) is 5.32 Å². The lowest BCUT2D eigenvalue weighted by Gasteiger charge is -2.09. The molecule has 1 heterocycles. The number of halogens is 2.